The van der Waals surface area contributed by atoms with E-state index in [4.69, 9.17) is 10.00 Å². The van der Waals surface area contributed by atoms with Crippen LogP contribution in [0.15, 0.2) is 54.6 Å². The van der Waals surface area contributed by atoms with Crippen molar-refractivity contribution in [2.24, 2.45) is 0 Å². The van der Waals surface area contributed by atoms with E-state index in [0.29, 0.717) is 6.42 Å². The van der Waals surface area contributed by atoms with Crippen LogP contribution in [0.4, 0.5) is 9.18 Å². The summed E-state index contributed by atoms with van der Waals surface area (Å²) in [7, 11) is 0. The number of nitriles is 1. The molecule has 1 saturated heterocycles. The third-order valence-electron chi connectivity index (χ3n) is 5.51. The lowest BCUT2D eigenvalue weighted by molar-refractivity contribution is 0.0510. The van der Waals surface area contributed by atoms with Crippen molar-refractivity contribution in [1.29, 1.82) is 5.26 Å². The van der Waals surface area contributed by atoms with Gasteiger partial charge in [0.2, 0.25) is 0 Å². The maximum Gasteiger partial charge on any atom is 0.410 e. The van der Waals surface area contributed by atoms with Crippen LogP contribution in [0.1, 0.15) is 42.4 Å². The number of hydrogen-bond acceptors (Lipinski definition) is 3. The zero-order chi connectivity index (χ0) is 19.5. The highest BCUT2D eigenvalue weighted by atomic mass is 19.1. The minimum atomic E-state index is -0.504. The minimum absolute atomic E-state index is 0.0375. The van der Waals surface area contributed by atoms with E-state index in [9.17, 15) is 9.18 Å². The maximum absolute atomic E-state index is 14.0. The van der Waals surface area contributed by atoms with Crippen LogP contribution >= 0.6 is 0 Å². The number of amides is 1. The highest BCUT2D eigenvalue weighted by molar-refractivity contribution is 5.74. The summed E-state index contributed by atoms with van der Waals surface area (Å²) in [5.41, 5.74) is 2.82. The normalized spacial score (nSPS) is 20.9. The molecule has 2 unspecified atom stereocenters. The molecule has 0 aliphatic carbocycles. The first kappa shape index (κ1) is 18.2. The molecule has 2 aromatic rings. The zero-order valence-electron chi connectivity index (χ0n) is 15.5. The summed E-state index contributed by atoms with van der Waals surface area (Å²) < 4.78 is 19.6. The van der Waals surface area contributed by atoms with E-state index in [0.717, 1.165) is 36.0 Å². The van der Waals surface area contributed by atoms with E-state index in [-0.39, 0.29) is 30.3 Å². The van der Waals surface area contributed by atoms with Gasteiger partial charge in [0.25, 0.3) is 0 Å². The lowest BCUT2D eigenvalue weighted by Gasteiger charge is -2.44. The predicted octanol–water partition coefficient (Wildman–Crippen LogP) is 5.04. The van der Waals surface area contributed by atoms with E-state index >= 15 is 0 Å². The highest BCUT2D eigenvalue weighted by Crippen LogP contribution is 2.37. The Labute approximate surface area is 163 Å². The summed E-state index contributed by atoms with van der Waals surface area (Å²) in [5.74, 6) is -0.504. The van der Waals surface area contributed by atoms with E-state index in [1.807, 2.05) is 41.3 Å². The van der Waals surface area contributed by atoms with Crippen LogP contribution < -0.4 is 0 Å². The van der Waals surface area contributed by atoms with Crippen LogP contribution in [-0.2, 0) is 11.3 Å². The van der Waals surface area contributed by atoms with Crippen molar-refractivity contribution in [3.8, 4) is 6.07 Å². The summed E-state index contributed by atoms with van der Waals surface area (Å²) in [5, 5.41) is 8.92. The van der Waals surface area contributed by atoms with Gasteiger partial charge in [0.1, 0.15) is 18.5 Å². The summed E-state index contributed by atoms with van der Waals surface area (Å²) in [6, 6.07) is 16.2. The van der Waals surface area contributed by atoms with Crippen molar-refractivity contribution >= 4 is 11.7 Å². The SMILES string of the molecule is N#Cc1ccc(C2=CC3CCCC(C2)N3C(=O)OCc2ccccc2)cc1F. The van der Waals surface area contributed by atoms with Gasteiger partial charge in [0, 0.05) is 6.04 Å². The number of piperidine rings is 1. The number of nitrogens with zero attached hydrogens (tertiary/aromatic N) is 2. The molecule has 0 radical (unpaired) electrons. The molecule has 2 atom stereocenters. The van der Waals surface area contributed by atoms with E-state index in [1.165, 1.54) is 12.1 Å². The monoisotopic (exact) mass is 376 g/mol. The lowest BCUT2D eigenvalue weighted by atomic mass is 9.83. The van der Waals surface area contributed by atoms with Crippen molar-refractivity contribution in [3.63, 3.8) is 0 Å². The summed E-state index contributed by atoms with van der Waals surface area (Å²) in [6.07, 6.45) is 5.28. The minimum Gasteiger partial charge on any atom is -0.445 e. The van der Waals surface area contributed by atoms with Gasteiger partial charge in [-0.25, -0.2) is 9.18 Å². The Morgan fingerprint density at radius 2 is 2.04 bits per heavy atom. The second-order valence-corrected chi connectivity index (χ2v) is 7.30. The Bertz CT molecular complexity index is 949. The van der Waals surface area contributed by atoms with Crippen LogP contribution in [0.2, 0.25) is 0 Å². The first-order valence-corrected chi connectivity index (χ1v) is 9.55. The number of halogens is 1. The molecule has 4 rings (SSSR count). The molecule has 2 aromatic carbocycles. The summed E-state index contributed by atoms with van der Waals surface area (Å²) >= 11 is 0. The lowest BCUT2D eigenvalue weighted by Crippen LogP contribution is -2.51. The van der Waals surface area contributed by atoms with E-state index in [1.54, 1.807) is 6.07 Å². The fourth-order valence-electron chi connectivity index (χ4n) is 4.13. The first-order valence-electron chi connectivity index (χ1n) is 9.55. The van der Waals surface area contributed by atoms with E-state index < -0.39 is 5.82 Å². The Morgan fingerprint density at radius 1 is 1.21 bits per heavy atom. The predicted molar refractivity (Wildman–Crippen MR) is 104 cm³/mol. The van der Waals surface area contributed by atoms with E-state index in [2.05, 4.69) is 6.08 Å². The number of ether oxygens (including phenoxy) is 1. The summed E-state index contributed by atoms with van der Waals surface area (Å²) in [4.78, 5) is 14.6. The van der Waals surface area contributed by atoms with Gasteiger partial charge in [0.05, 0.1) is 11.6 Å². The van der Waals surface area contributed by atoms with Gasteiger partial charge in [0.15, 0.2) is 0 Å². The largest absolute Gasteiger partial charge is 0.445 e. The third kappa shape index (κ3) is 3.63. The van der Waals surface area contributed by atoms with Gasteiger partial charge in [-0.2, -0.15) is 5.26 Å². The number of benzene rings is 2. The third-order valence-corrected chi connectivity index (χ3v) is 5.51. The number of carbonyl (C=O) groups is 1. The number of fused-ring (bicyclic) bond motifs is 2. The van der Waals surface area contributed by atoms with Crippen molar-refractivity contribution in [3.05, 3.63) is 77.1 Å². The zero-order valence-corrected chi connectivity index (χ0v) is 15.5. The van der Waals surface area contributed by atoms with Gasteiger partial charge in [-0.05, 0) is 54.5 Å². The average Bonchev–Trinajstić information content (AvgIpc) is 2.71. The average molecular weight is 376 g/mol. The molecule has 28 heavy (non-hydrogen) atoms. The van der Waals surface area contributed by atoms with Crippen LogP contribution in [-0.4, -0.2) is 23.1 Å². The van der Waals surface area contributed by atoms with Crippen molar-refractivity contribution in [1.82, 2.24) is 4.90 Å². The van der Waals surface area contributed by atoms with Crippen LogP contribution in [0.3, 0.4) is 0 Å². The molecule has 1 amide bonds. The second-order valence-electron chi connectivity index (χ2n) is 7.30. The Balaban J connectivity index is 1.52. The van der Waals surface area contributed by atoms with Gasteiger partial charge in [-0.3, -0.25) is 4.90 Å². The molecule has 2 bridgehead atoms. The Hall–Kier alpha value is -3.13. The molecule has 4 nitrogen and oxygen atoms in total. The molecule has 0 saturated carbocycles. The van der Waals surface area contributed by atoms with Crippen LogP contribution in [0, 0.1) is 17.1 Å². The van der Waals surface area contributed by atoms with Crippen molar-refractivity contribution in [2.75, 3.05) is 0 Å². The van der Waals surface area contributed by atoms with Gasteiger partial charge < -0.3 is 4.74 Å². The molecule has 0 aromatic heterocycles. The molecular formula is C23H21FN2O2. The van der Waals surface area contributed by atoms with Gasteiger partial charge in [-0.1, -0.05) is 42.5 Å². The smallest absolute Gasteiger partial charge is 0.410 e. The quantitative estimate of drug-likeness (QED) is 0.754. The molecule has 1 fully saturated rings. The Kier molecular flexibility index (Phi) is 5.12. The number of hydrogen-bond donors (Lipinski definition) is 0. The van der Waals surface area contributed by atoms with Gasteiger partial charge in [-0.15, -0.1) is 0 Å². The standard InChI is InChI=1S/C23H21FN2O2/c24-22-13-17(9-10-18(22)14-25)19-11-20-7-4-8-21(12-19)26(20)23(27)28-15-16-5-2-1-3-6-16/h1-3,5-6,9-11,13,20-21H,4,7-8,12,15H2. The Morgan fingerprint density at radius 3 is 2.75 bits per heavy atom. The van der Waals surface area contributed by atoms with Crippen molar-refractivity contribution in [2.45, 2.75) is 44.4 Å². The van der Waals surface area contributed by atoms with Crippen LogP contribution in [0.5, 0.6) is 0 Å². The number of rotatable bonds is 3. The van der Waals surface area contributed by atoms with Crippen LogP contribution in [0.25, 0.3) is 5.57 Å². The van der Waals surface area contributed by atoms with Gasteiger partial charge >= 0.3 is 6.09 Å². The molecule has 2 aliphatic heterocycles. The molecule has 142 valence electrons. The molecule has 5 heteroatoms. The second kappa shape index (κ2) is 7.85. The van der Waals surface area contributed by atoms with Crippen molar-refractivity contribution < 1.29 is 13.9 Å². The number of carbonyl (C=O) groups excluding carboxylic acids is 1. The first-order chi connectivity index (χ1) is 13.7. The molecule has 0 N–H and O–H groups in total. The molecular weight excluding hydrogens is 355 g/mol. The molecule has 0 spiro atoms. The topological polar surface area (TPSA) is 53.3 Å². The fraction of sp³-hybridized carbons (Fsp3) is 0.304. The highest BCUT2D eigenvalue weighted by Gasteiger charge is 2.38. The summed E-state index contributed by atoms with van der Waals surface area (Å²) in [6.45, 7) is 0.257. The molecule has 2 heterocycles. The fourth-order valence-corrected chi connectivity index (χ4v) is 4.13. The maximum atomic E-state index is 14.0. The molecule has 2 aliphatic rings.